The summed E-state index contributed by atoms with van der Waals surface area (Å²) in [5.41, 5.74) is 0.959. The number of hydrogen-bond donors (Lipinski definition) is 2. The zero-order valence-electron chi connectivity index (χ0n) is 19.4. The summed E-state index contributed by atoms with van der Waals surface area (Å²) in [6.45, 7) is 6.39. The van der Waals surface area contributed by atoms with Crippen LogP contribution in [0.2, 0.25) is 0 Å². The van der Waals surface area contributed by atoms with Gasteiger partial charge in [-0.15, -0.1) is 24.0 Å². The maximum absolute atomic E-state index is 11.3. The number of nitrogens with zero attached hydrogens (tertiary/aromatic N) is 1. The third kappa shape index (κ3) is 11.3. The van der Waals surface area contributed by atoms with Gasteiger partial charge < -0.3 is 29.6 Å². The number of methoxy groups -OCH3 is 3. The zero-order chi connectivity index (χ0) is 22.2. The van der Waals surface area contributed by atoms with Crippen LogP contribution in [-0.2, 0) is 16.1 Å². The topological polar surface area (TPSA) is 90.4 Å². The Bertz CT molecular complexity index is 646. The molecule has 0 aliphatic heterocycles. The highest BCUT2D eigenvalue weighted by atomic mass is 127. The minimum atomic E-state index is -0.107. The number of carbonyl (C=O) groups is 1. The molecule has 0 aromatic heterocycles. The SMILES string of the molecule is CCNC(=NCc1cc(OC)c(OC)c(OC)c1)NCCCCCCC(=O)OCC.I. The van der Waals surface area contributed by atoms with Crippen LogP contribution in [0.25, 0.3) is 0 Å². The van der Waals surface area contributed by atoms with Crippen molar-refractivity contribution < 1.29 is 23.7 Å². The normalized spacial score (nSPS) is 10.7. The van der Waals surface area contributed by atoms with Crippen molar-refractivity contribution in [2.24, 2.45) is 4.99 Å². The molecule has 0 unspecified atom stereocenters. The van der Waals surface area contributed by atoms with Crippen LogP contribution in [0.4, 0.5) is 0 Å². The van der Waals surface area contributed by atoms with Crippen molar-refractivity contribution in [2.45, 2.75) is 52.5 Å². The number of halogens is 1. The number of unbranched alkanes of at least 4 members (excludes halogenated alkanes) is 3. The summed E-state index contributed by atoms with van der Waals surface area (Å²) < 4.78 is 21.1. The van der Waals surface area contributed by atoms with Crippen LogP contribution in [0.15, 0.2) is 17.1 Å². The van der Waals surface area contributed by atoms with E-state index in [-0.39, 0.29) is 29.9 Å². The third-order valence-corrected chi connectivity index (χ3v) is 4.39. The molecule has 0 saturated heterocycles. The molecular formula is C22H38IN3O5. The van der Waals surface area contributed by atoms with Gasteiger partial charge in [0.05, 0.1) is 34.5 Å². The molecule has 178 valence electrons. The van der Waals surface area contributed by atoms with E-state index in [1.807, 2.05) is 26.0 Å². The van der Waals surface area contributed by atoms with E-state index >= 15 is 0 Å². The van der Waals surface area contributed by atoms with Gasteiger partial charge in [0.1, 0.15) is 0 Å². The molecule has 1 rings (SSSR count). The number of esters is 1. The Kier molecular flexibility index (Phi) is 16.6. The zero-order valence-corrected chi connectivity index (χ0v) is 21.7. The number of hydrogen-bond acceptors (Lipinski definition) is 6. The van der Waals surface area contributed by atoms with E-state index in [0.717, 1.165) is 50.3 Å². The summed E-state index contributed by atoms with van der Waals surface area (Å²) >= 11 is 0. The first-order chi connectivity index (χ1) is 14.6. The van der Waals surface area contributed by atoms with E-state index in [1.54, 1.807) is 21.3 Å². The predicted molar refractivity (Wildman–Crippen MR) is 134 cm³/mol. The van der Waals surface area contributed by atoms with Crippen molar-refractivity contribution in [3.63, 3.8) is 0 Å². The molecule has 1 aromatic carbocycles. The number of nitrogens with one attached hydrogen (secondary N) is 2. The molecule has 2 N–H and O–H groups in total. The molecule has 0 amide bonds. The third-order valence-electron chi connectivity index (χ3n) is 4.39. The number of guanidine groups is 1. The quantitative estimate of drug-likeness (QED) is 0.119. The van der Waals surface area contributed by atoms with Gasteiger partial charge in [-0.2, -0.15) is 0 Å². The second kappa shape index (κ2) is 17.7. The maximum Gasteiger partial charge on any atom is 0.305 e. The molecule has 9 heteroatoms. The minimum absolute atomic E-state index is 0. The van der Waals surface area contributed by atoms with Gasteiger partial charge in [-0.1, -0.05) is 12.8 Å². The van der Waals surface area contributed by atoms with Crippen LogP contribution in [0.3, 0.4) is 0 Å². The van der Waals surface area contributed by atoms with Crippen molar-refractivity contribution in [2.75, 3.05) is 41.0 Å². The van der Waals surface area contributed by atoms with Crippen LogP contribution in [0, 0.1) is 0 Å². The monoisotopic (exact) mass is 551 g/mol. The van der Waals surface area contributed by atoms with Gasteiger partial charge in [-0.3, -0.25) is 4.79 Å². The van der Waals surface area contributed by atoms with Crippen molar-refractivity contribution >= 4 is 35.9 Å². The fourth-order valence-corrected chi connectivity index (χ4v) is 2.93. The summed E-state index contributed by atoms with van der Waals surface area (Å²) in [5, 5.41) is 6.60. The van der Waals surface area contributed by atoms with E-state index in [4.69, 9.17) is 18.9 Å². The van der Waals surface area contributed by atoms with E-state index < -0.39 is 0 Å². The highest BCUT2D eigenvalue weighted by Gasteiger charge is 2.13. The van der Waals surface area contributed by atoms with E-state index in [2.05, 4.69) is 15.6 Å². The van der Waals surface area contributed by atoms with Gasteiger partial charge in [0, 0.05) is 19.5 Å². The van der Waals surface area contributed by atoms with Gasteiger partial charge in [0.2, 0.25) is 5.75 Å². The molecule has 0 atom stereocenters. The standard InChI is InChI=1S/C22H37N3O5.HI/c1-6-23-22(24-13-11-9-8-10-12-20(26)30-7-2)25-16-17-14-18(27-3)21(29-5)19(15-17)28-4;/h14-15H,6-13,16H2,1-5H3,(H2,23,24,25);1H. The van der Waals surface area contributed by atoms with Gasteiger partial charge >= 0.3 is 5.97 Å². The van der Waals surface area contributed by atoms with Gasteiger partial charge in [-0.25, -0.2) is 4.99 Å². The van der Waals surface area contributed by atoms with Crippen molar-refractivity contribution in [1.82, 2.24) is 10.6 Å². The first kappa shape index (κ1) is 29.1. The highest BCUT2D eigenvalue weighted by Crippen LogP contribution is 2.38. The summed E-state index contributed by atoms with van der Waals surface area (Å²) in [5.74, 6) is 2.45. The minimum Gasteiger partial charge on any atom is -0.493 e. The van der Waals surface area contributed by atoms with Crippen LogP contribution >= 0.6 is 24.0 Å². The molecule has 0 spiro atoms. The van der Waals surface area contributed by atoms with Crippen molar-refractivity contribution in [3.05, 3.63) is 17.7 Å². The number of rotatable bonds is 14. The number of carbonyl (C=O) groups excluding carboxylic acids is 1. The second-order valence-corrected chi connectivity index (χ2v) is 6.62. The lowest BCUT2D eigenvalue weighted by molar-refractivity contribution is -0.143. The molecule has 0 radical (unpaired) electrons. The second-order valence-electron chi connectivity index (χ2n) is 6.62. The molecule has 31 heavy (non-hydrogen) atoms. The van der Waals surface area contributed by atoms with E-state index in [0.29, 0.717) is 36.8 Å². The number of aliphatic imine (C=N–C) groups is 1. The average Bonchev–Trinajstić information content (AvgIpc) is 2.75. The van der Waals surface area contributed by atoms with Crippen LogP contribution < -0.4 is 24.8 Å². The number of benzene rings is 1. The molecule has 1 aromatic rings. The molecule has 0 aliphatic carbocycles. The fourth-order valence-electron chi connectivity index (χ4n) is 2.93. The maximum atomic E-state index is 11.3. The molecule has 0 aliphatic rings. The smallest absolute Gasteiger partial charge is 0.305 e. The highest BCUT2D eigenvalue weighted by molar-refractivity contribution is 14.0. The van der Waals surface area contributed by atoms with Gasteiger partial charge in [-0.05, 0) is 44.4 Å². The Balaban J connectivity index is 0.00000900. The Morgan fingerprint density at radius 2 is 1.58 bits per heavy atom. The van der Waals surface area contributed by atoms with Crippen molar-refractivity contribution in [1.29, 1.82) is 0 Å². The van der Waals surface area contributed by atoms with E-state index in [9.17, 15) is 4.79 Å². The predicted octanol–water partition coefficient (Wildman–Crippen LogP) is 3.90. The van der Waals surface area contributed by atoms with Crippen LogP contribution in [-0.4, -0.2) is 53.0 Å². The summed E-state index contributed by atoms with van der Waals surface area (Å²) in [6.07, 6.45) is 4.45. The molecule has 0 fully saturated rings. The van der Waals surface area contributed by atoms with E-state index in [1.165, 1.54) is 0 Å². The van der Waals surface area contributed by atoms with Crippen LogP contribution in [0.5, 0.6) is 17.2 Å². The molecule has 0 saturated carbocycles. The lowest BCUT2D eigenvalue weighted by Crippen LogP contribution is -2.37. The van der Waals surface area contributed by atoms with Gasteiger partial charge in [0.15, 0.2) is 17.5 Å². The van der Waals surface area contributed by atoms with Crippen LogP contribution in [0.1, 0.15) is 51.5 Å². The lowest BCUT2D eigenvalue weighted by atomic mass is 10.1. The molecule has 0 heterocycles. The molecule has 0 bridgehead atoms. The number of ether oxygens (including phenoxy) is 4. The Hall–Kier alpha value is -1.91. The summed E-state index contributed by atoms with van der Waals surface area (Å²) in [7, 11) is 4.79. The lowest BCUT2D eigenvalue weighted by Gasteiger charge is -2.14. The first-order valence-corrected chi connectivity index (χ1v) is 10.6. The summed E-state index contributed by atoms with van der Waals surface area (Å²) in [4.78, 5) is 16.0. The Morgan fingerprint density at radius 3 is 2.13 bits per heavy atom. The largest absolute Gasteiger partial charge is 0.493 e. The first-order valence-electron chi connectivity index (χ1n) is 10.6. The average molecular weight is 551 g/mol. The Morgan fingerprint density at radius 1 is 0.935 bits per heavy atom. The Labute approximate surface area is 203 Å². The molecular weight excluding hydrogens is 513 g/mol. The van der Waals surface area contributed by atoms with Gasteiger partial charge in [0.25, 0.3) is 0 Å². The fraction of sp³-hybridized carbons (Fsp3) is 0.636. The molecule has 8 nitrogen and oxygen atoms in total. The summed E-state index contributed by atoms with van der Waals surface area (Å²) in [6, 6.07) is 3.80. The van der Waals surface area contributed by atoms with Crippen molar-refractivity contribution in [3.8, 4) is 17.2 Å².